The molecule has 0 aromatic heterocycles. The Balaban J connectivity index is 2.80. The topological polar surface area (TPSA) is 38.0 Å². The fraction of sp³-hybridized carbons (Fsp3) is 0.538. The van der Waals surface area contributed by atoms with Crippen LogP contribution < -0.4 is 11.1 Å². The zero-order chi connectivity index (χ0) is 12.1. The molecule has 3 heteroatoms. The van der Waals surface area contributed by atoms with Gasteiger partial charge in [0.1, 0.15) is 0 Å². The van der Waals surface area contributed by atoms with Crippen LogP contribution in [0.5, 0.6) is 0 Å². The van der Waals surface area contributed by atoms with Crippen LogP contribution in [0.4, 0.5) is 11.4 Å². The molecule has 0 aliphatic carbocycles. The summed E-state index contributed by atoms with van der Waals surface area (Å²) in [6.07, 6.45) is 2.32. The van der Waals surface area contributed by atoms with Crippen molar-refractivity contribution in [3.05, 3.63) is 23.2 Å². The normalized spacial score (nSPS) is 12.8. The molecule has 0 aliphatic heterocycles. The molecule has 16 heavy (non-hydrogen) atoms. The minimum atomic E-state index is 0.386. The Hall–Kier alpha value is -0.890. The van der Waals surface area contributed by atoms with E-state index in [-0.39, 0.29) is 0 Å². The zero-order valence-electron chi connectivity index (χ0n) is 10.3. The van der Waals surface area contributed by atoms with Crippen LogP contribution in [0, 0.1) is 5.92 Å². The van der Waals surface area contributed by atoms with E-state index in [4.69, 9.17) is 17.3 Å². The summed E-state index contributed by atoms with van der Waals surface area (Å²) in [6, 6.07) is 5.98. The Morgan fingerprint density at radius 3 is 2.44 bits per heavy atom. The first-order chi connectivity index (χ1) is 7.60. The average molecular weight is 241 g/mol. The van der Waals surface area contributed by atoms with Crippen molar-refractivity contribution in [2.75, 3.05) is 11.1 Å². The molecule has 0 heterocycles. The van der Waals surface area contributed by atoms with E-state index in [9.17, 15) is 0 Å². The fourth-order valence-electron chi connectivity index (χ4n) is 2.03. The highest BCUT2D eigenvalue weighted by Gasteiger charge is 2.15. The molecule has 0 amide bonds. The number of hydrogen-bond acceptors (Lipinski definition) is 2. The SMILES string of the molecule is CCC(CC)C(C)Nc1c(N)cccc1Cl. The molecule has 0 saturated heterocycles. The van der Waals surface area contributed by atoms with Gasteiger partial charge in [0.15, 0.2) is 0 Å². The second-order valence-corrected chi connectivity index (χ2v) is 4.62. The van der Waals surface area contributed by atoms with Gasteiger partial charge in [0.2, 0.25) is 0 Å². The van der Waals surface area contributed by atoms with Crippen LogP contribution in [-0.2, 0) is 0 Å². The van der Waals surface area contributed by atoms with E-state index >= 15 is 0 Å². The summed E-state index contributed by atoms with van der Waals surface area (Å²) in [5.41, 5.74) is 7.48. The Bertz CT molecular complexity index is 314. The molecule has 1 aromatic carbocycles. The summed E-state index contributed by atoms with van der Waals surface area (Å²) in [7, 11) is 0. The molecular formula is C13H21ClN2. The van der Waals surface area contributed by atoms with Gasteiger partial charge in [-0.1, -0.05) is 44.4 Å². The minimum absolute atomic E-state index is 0.386. The predicted molar refractivity (Wildman–Crippen MR) is 73.0 cm³/mol. The van der Waals surface area contributed by atoms with Gasteiger partial charge in [0.25, 0.3) is 0 Å². The second-order valence-electron chi connectivity index (χ2n) is 4.21. The Labute approximate surface area is 103 Å². The van der Waals surface area contributed by atoms with Gasteiger partial charge in [-0.15, -0.1) is 0 Å². The molecule has 0 fully saturated rings. The van der Waals surface area contributed by atoms with Gasteiger partial charge in [-0.05, 0) is 25.0 Å². The van der Waals surface area contributed by atoms with Crippen LogP contribution in [0.15, 0.2) is 18.2 Å². The van der Waals surface area contributed by atoms with E-state index in [1.807, 2.05) is 18.2 Å². The zero-order valence-corrected chi connectivity index (χ0v) is 11.0. The Kier molecular flexibility index (Phi) is 4.94. The van der Waals surface area contributed by atoms with Gasteiger partial charge in [0, 0.05) is 6.04 Å². The van der Waals surface area contributed by atoms with E-state index in [0.29, 0.717) is 22.7 Å². The lowest BCUT2D eigenvalue weighted by atomic mass is 9.95. The van der Waals surface area contributed by atoms with Crippen LogP contribution >= 0.6 is 11.6 Å². The van der Waals surface area contributed by atoms with Gasteiger partial charge in [-0.2, -0.15) is 0 Å². The molecule has 0 bridgehead atoms. The largest absolute Gasteiger partial charge is 0.397 e. The Morgan fingerprint density at radius 1 is 1.31 bits per heavy atom. The lowest BCUT2D eigenvalue weighted by Gasteiger charge is -2.24. The van der Waals surface area contributed by atoms with Gasteiger partial charge in [0.05, 0.1) is 16.4 Å². The third kappa shape index (κ3) is 3.05. The lowest BCUT2D eigenvalue weighted by Crippen LogP contribution is -2.25. The first kappa shape index (κ1) is 13.2. The Morgan fingerprint density at radius 2 is 1.94 bits per heavy atom. The van der Waals surface area contributed by atoms with Gasteiger partial charge in [-0.25, -0.2) is 0 Å². The molecular weight excluding hydrogens is 220 g/mol. The number of halogens is 1. The third-order valence-electron chi connectivity index (χ3n) is 3.17. The van der Waals surface area contributed by atoms with Crippen molar-refractivity contribution in [2.45, 2.75) is 39.7 Å². The van der Waals surface area contributed by atoms with Crippen molar-refractivity contribution >= 4 is 23.0 Å². The first-order valence-electron chi connectivity index (χ1n) is 5.90. The number of benzene rings is 1. The van der Waals surface area contributed by atoms with Gasteiger partial charge >= 0.3 is 0 Å². The van der Waals surface area contributed by atoms with Crippen molar-refractivity contribution in [3.63, 3.8) is 0 Å². The second kappa shape index (κ2) is 6.00. The number of para-hydroxylation sites is 1. The van der Waals surface area contributed by atoms with Crippen molar-refractivity contribution in [2.24, 2.45) is 5.92 Å². The molecule has 1 aromatic rings. The van der Waals surface area contributed by atoms with E-state index in [1.165, 1.54) is 0 Å². The van der Waals surface area contributed by atoms with E-state index in [1.54, 1.807) is 0 Å². The standard InChI is InChI=1S/C13H21ClN2/c1-4-10(5-2)9(3)16-13-11(14)7-6-8-12(13)15/h6-10,16H,4-5,15H2,1-3H3. The molecule has 0 aliphatic rings. The van der Waals surface area contributed by atoms with Crippen molar-refractivity contribution < 1.29 is 0 Å². The van der Waals surface area contributed by atoms with Crippen LogP contribution in [0.25, 0.3) is 0 Å². The number of nitrogens with one attached hydrogen (secondary N) is 1. The highest BCUT2D eigenvalue weighted by Crippen LogP contribution is 2.30. The van der Waals surface area contributed by atoms with Crippen LogP contribution in [0.1, 0.15) is 33.6 Å². The van der Waals surface area contributed by atoms with E-state index in [0.717, 1.165) is 18.5 Å². The van der Waals surface area contributed by atoms with E-state index < -0.39 is 0 Å². The number of nitrogen functional groups attached to an aromatic ring is 1. The highest BCUT2D eigenvalue weighted by atomic mass is 35.5. The minimum Gasteiger partial charge on any atom is -0.397 e. The fourth-order valence-corrected chi connectivity index (χ4v) is 2.27. The first-order valence-corrected chi connectivity index (χ1v) is 6.28. The predicted octanol–water partition coefficient (Wildman–Crippen LogP) is 4.16. The quantitative estimate of drug-likeness (QED) is 0.759. The maximum absolute atomic E-state index is 6.12. The lowest BCUT2D eigenvalue weighted by molar-refractivity contribution is 0.438. The number of nitrogens with two attached hydrogens (primary N) is 1. The molecule has 0 radical (unpaired) electrons. The number of hydrogen-bond donors (Lipinski definition) is 2. The van der Waals surface area contributed by atoms with E-state index in [2.05, 4.69) is 26.1 Å². The number of rotatable bonds is 5. The van der Waals surface area contributed by atoms with Crippen LogP contribution in [-0.4, -0.2) is 6.04 Å². The van der Waals surface area contributed by atoms with Crippen molar-refractivity contribution in [1.82, 2.24) is 0 Å². The average Bonchev–Trinajstić information content (AvgIpc) is 2.25. The molecule has 3 N–H and O–H groups in total. The van der Waals surface area contributed by atoms with Crippen LogP contribution in [0.3, 0.4) is 0 Å². The summed E-state index contributed by atoms with van der Waals surface area (Å²) >= 11 is 6.12. The van der Waals surface area contributed by atoms with Crippen molar-refractivity contribution in [3.8, 4) is 0 Å². The van der Waals surface area contributed by atoms with Crippen molar-refractivity contribution in [1.29, 1.82) is 0 Å². The maximum atomic E-state index is 6.12. The summed E-state index contributed by atoms with van der Waals surface area (Å²) < 4.78 is 0. The molecule has 1 atom stereocenters. The molecule has 90 valence electrons. The summed E-state index contributed by atoms with van der Waals surface area (Å²) in [6.45, 7) is 6.60. The molecule has 2 nitrogen and oxygen atoms in total. The van der Waals surface area contributed by atoms with Crippen LogP contribution in [0.2, 0.25) is 5.02 Å². The molecule has 1 unspecified atom stereocenters. The molecule has 0 saturated carbocycles. The smallest absolute Gasteiger partial charge is 0.0765 e. The summed E-state index contributed by atoms with van der Waals surface area (Å²) in [5.74, 6) is 0.649. The molecule has 0 spiro atoms. The maximum Gasteiger partial charge on any atom is 0.0765 e. The summed E-state index contributed by atoms with van der Waals surface area (Å²) in [4.78, 5) is 0. The molecule has 1 rings (SSSR count). The number of anilines is 2. The third-order valence-corrected chi connectivity index (χ3v) is 3.49. The summed E-state index contributed by atoms with van der Waals surface area (Å²) in [5, 5.41) is 4.12. The van der Waals surface area contributed by atoms with Gasteiger partial charge < -0.3 is 11.1 Å². The monoisotopic (exact) mass is 240 g/mol. The van der Waals surface area contributed by atoms with Gasteiger partial charge in [-0.3, -0.25) is 0 Å². The highest BCUT2D eigenvalue weighted by molar-refractivity contribution is 6.33.